The van der Waals surface area contributed by atoms with Gasteiger partial charge < -0.3 is 19.8 Å². The second-order valence-electron chi connectivity index (χ2n) is 7.39. The molecule has 0 heterocycles. The minimum Gasteiger partial charge on any atom is -0.549 e. The second-order valence-corrected chi connectivity index (χ2v) is 7.39. The Morgan fingerprint density at radius 3 is 1.45 bits per heavy atom. The number of rotatable bonds is 20. The van der Waals surface area contributed by atoms with Crippen molar-refractivity contribution in [1.29, 1.82) is 0 Å². The van der Waals surface area contributed by atoms with Crippen molar-refractivity contribution in [2.45, 2.75) is 96.8 Å². The van der Waals surface area contributed by atoms with Gasteiger partial charge in [0.2, 0.25) is 0 Å². The van der Waals surface area contributed by atoms with E-state index in [0.717, 1.165) is 25.7 Å². The van der Waals surface area contributed by atoms with Gasteiger partial charge in [-0.3, -0.25) is 4.90 Å². The number of carboxylic acids is 2. The van der Waals surface area contributed by atoms with E-state index in [2.05, 4.69) is 19.1 Å². The number of carboxylic acid groups (broad SMARTS) is 2. The molecule has 0 saturated carbocycles. The van der Waals surface area contributed by atoms with Crippen LogP contribution in [0.3, 0.4) is 0 Å². The molecule has 0 rings (SSSR count). The second kappa shape index (κ2) is 26.7. The van der Waals surface area contributed by atoms with Gasteiger partial charge in [0.05, 0.1) is 11.9 Å². The van der Waals surface area contributed by atoms with Crippen LogP contribution in [0.15, 0.2) is 12.2 Å². The van der Waals surface area contributed by atoms with Crippen molar-refractivity contribution in [1.82, 2.24) is 4.90 Å². The van der Waals surface area contributed by atoms with E-state index in [0.29, 0.717) is 6.54 Å². The van der Waals surface area contributed by atoms with Crippen LogP contribution in [0, 0.1) is 0 Å². The van der Waals surface area contributed by atoms with Crippen LogP contribution < -0.4 is 69.3 Å². The van der Waals surface area contributed by atoms with E-state index in [1.807, 2.05) is 0 Å². The zero-order valence-electron chi connectivity index (χ0n) is 19.3. The molecule has 0 aliphatic carbocycles. The molecule has 0 bridgehead atoms. The quantitative estimate of drug-likeness (QED) is 0.116. The van der Waals surface area contributed by atoms with Crippen molar-refractivity contribution in [3.63, 3.8) is 0 Å². The summed E-state index contributed by atoms with van der Waals surface area (Å²) >= 11 is 0. The number of aliphatic carboxylic acids is 2. The van der Waals surface area contributed by atoms with Gasteiger partial charge in [-0.2, -0.15) is 0 Å². The van der Waals surface area contributed by atoms with Gasteiger partial charge in [-0.15, -0.1) is 0 Å². The summed E-state index contributed by atoms with van der Waals surface area (Å²) in [6.45, 7) is 2.01. The Balaban J connectivity index is -0.00000338. The summed E-state index contributed by atoms with van der Waals surface area (Å²) in [4.78, 5) is 22.5. The molecule has 0 spiro atoms. The molecular weight excluding hydrogens is 388 g/mol. The fourth-order valence-electron chi connectivity index (χ4n) is 3.16. The molecule has 0 aromatic carbocycles. The predicted octanol–water partition coefficient (Wildman–Crippen LogP) is -3.17. The Kier molecular flexibility index (Phi) is 31.5. The largest absolute Gasteiger partial charge is 1.00 e. The van der Waals surface area contributed by atoms with Gasteiger partial charge in [-0.05, 0) is 38.6 Å². The average Bonchev–Trinajstić information content (AvgIpc) is 2.60. The van der Waals surface area contributed by atoms with Crippen LogP contribution in [0.4, 0.5) is 0 Å². The molecule has 0 aliphatic rings. The fraction of sp³-hybridized carbons (Fsp3) is 0.818. The van der Waals surface area contributed by atoms with Crippen molar-refractivity contribution < 1.29 is 78.9 Å². The third-order valence-corrected chi connectivity index (χ3v) is 4.69. The summed E-state index contributed by atoms with van der Waals surface area (Å²) < 4.78 is 0. The zero-order chi connectivity index (χ0) is 20.2. The SMILES string of the molecule is CCCCCCCCC=CCCCCCCCCN(CC(=O)[O-])CC(=O)[O-].[Na+].[Na+]. The topological polar surface area (TPSA) is 83.5 Å². The molecule has 0 radical (unpaired) electrons. The normalized spacial score (nSPS) is 10.7. The smallest absolute Gasteiger partial charge is 0.549 e. The standard InChI is InChI=1S/C22H41NO4.2Na/c1-2-3-4-5-6-7-8-9-10-11-12-13-14-15-16-17-18-23(19-21(24)25)20-22(26)27;;/h9-10H,2-8,11-20H2,1H3,(H,24,25)(H,26,27);;/q;2*+1/p-2. The van der Waals surface area contributed by atoms with Crippen LogP contribution in [-0.2, 0) is 9.59 Å². The summed E-state index contributed by atoms with van der Waals surface area (Å²) in [5.74, 6) is -2.50. The third kappa shape index (κ3) is 28.6. The van der Waals surface area contributed by atoms with Gasteiger partial charge in [0.1, 0.15) is 0 Å². The molecule has 5 nitrogen and oxygen atoms in total. The number of carbonyl (C=O) groups is 2. The molecular formula is C22H39NNa2O4. The maximum atomic E-state index is 10.6. The number of allylic oxidation sites excluding steroid dienone is 2. The van der Waals surface area contributed by atoms with Crippen LogP contribution >= 0.6 is 0 Å². The van der Waals surface area contributed by atoms with Crippen molar-refractivity contribution in [3.8, 4) is 0 Å². The first-order valence-electron chi connectivity index (χ1n) is 10.8. The Bertz CT molecular complexity index is 390. The van der Waals surface area contributed by atoms with E-state index in [9.17, 15) is 19.8 Å². The van der Waals surface area contributed by atoms with Crippen LogP contribution in [-0.4, -0.2) is 36.5 Å². The number of nitrogens with zero attached hydrogens (tertiary/aromatic N) is 1. The van der Waals surface area contributed by atoms with E-state index in [1.54, 1.807) is 0 Å². The van der Waals surface area contributed by atoms with Gasteiger partial charge in [-0.1, -0.05) is 76.9 Å². The molecule has 7 heteroatoms. The van der Waals surface area contributed by atoms with Gasteiger partial charge in [0.15, 0.2) is 0 Å². The third-order valence-electron chi connectivity index (χ3n) is 4.69. The van der Waals surface area contributed by atoms with E-state index in [-0.39, 0.29) is 72.2 Å². The van der Waals surface area contributed by atoms with Crippen molar-refractivity contribution in [2.24, 2.45) is 0 Å². The van der Waals surface area contributed by atoms with Crippen molar-refractivity contribution in [2.75, 3.05) is 19.6 Å². The molecule has 158 valence electrons. The van der Waals surface area contributed by atoms with E-state index in [1.165, 1.54) is 69.1 Å². The predicted molar refractivity (Wildman–Crippen MR) is 106 cm³/mol. The van der Waals surface area contributed by atoms with Crippen molar-refractivity contribution >= 4 is 11.9 Å². The molecule has 29 heavy (non-hydrogen) atoms. The summed E-state index contributed by atoms with van der Waals surface area (Å²) in [6.07, 6.45) is 21.6. The Hall–Kier alpha value is 0.640. The maximum Gasteiger partial charge on any atom is 1.00 e. The van der Waals surface area contributed by atoms with Crippen molar-refractivity contribution in [3.05, 3.63) is 12.2 Å². The first-order chi connectivity index (χ1) is 13.1. The Morgan fingerprint density at radius 1 is 0.655 bits per heavy atom. The van der Waals surface area contributed by atoms with E-state index >= 15 is 0 Å². The monoisotopic (exact) mass is 427 g/mol. The Labute approximate surface area is 222 Å². The molecule has 0 unspecified atom stereocenters. The fourth-order valence-corrected chi connectivity index (χ4v) is 3.16. The molecule has 0 N–H and O–H groups in total. The van der Waals surface area contributed by atoms with Crippen LogP contribution in [0.2, 0.25) is 0 Å². The summed E-state index contributed by atoms with van der Waals surface area (Å²) in [6, 6.07) is 0. The van der Waals surface area contributed by atoms with Gasteiger partial charge in [0.25, 0.3) is 0 Å². The van der Waals surface area contributed by atoms with E-state index < -0.39 is 11.9 Å². The van der Waals surface area contributed by atoms with Crippen LogP contribution in [0.1, 0.15) is 96.8 Å². The average molecular weight is 428 g/mol. The number of hydrogen-bond acceptors (Lipinski definition) is 5. The summed E-state index contributed by atoms with van der Waals surface area (Å²) in [5, 5.41) is 21.2. The maximum absolute atomic E-state index is 10.6. The first-order valence-corrected chi connectivity index (χ1v) is 10.8. The van der Waals surface area contributed by atoms with Gasteiger partial charge >= 0.3 is 59.1 Å². The minimum atomic E-state index is -1.25. The molecule has 0 fully saturated rings. The molecule has 0 amide bonds. The number of hydrogen-bond donors (Lipinski definition) is 0. The first kappa shape index (κ1) is 34.3. The molecule has 0 aromatic rings. The molecule has 0 aromatic heterocycles. The number of unbranched alkanes of at least 4 members (excludes halogenated alkanes) is 12. The van der Waals surface area contributed by atoms with E-state index in [4.69, 9.17) is 0 Å². The van der Waals surface area contributed by atoms with Gasteiger partial charge in [-0.25, -0.2) is 0 Å². The van der Waals surface area contributed by atoms with Gasteiger partial charge in [0, 0.05) is 13.1 Å². The molecule has 0 saturated heterocycles. The van der Waals surface area contributed by atoms with Crippen LogP contribution in [0.5, 0.6) is 0 Å². The summed E-state index contributed by atoms with van der Waals surface area (Å²) in [5.41, 5.74) is 0. The van der Waals surface area contributed by atoms with Crippen LogP contribution in [0.25, 0.3) is 0 Å². The summed E-state index contributed by atoms with van der Waals surface area (Å²) in [7, 11) is 0. The minimum absolute atomic E-state index is 0. The number of carbonyl (C=O) groups excluding carboxylic acids is 2. The zero-order valence-corrected chi connectivity index (χ0v) is 23.3. The Morgan fingerprint density at radius 2 is 1.03 bits per heavy atom. The molecule has 0 atom stereocenters. The molecule has 0 aliphatic heterocycles.